The number of methoxy groups -OCH3 is 1. The Morgan fingerprint density at radius 1 is 1.88 bits per heavy atom. The van der Waals surface area contributed by atoms with Gasteiger partial charge in [-0.1, -0.05) is 0 Å². The predicted octanol–water partition coefficient (Wildman–Crippen LogP) is -1.31. The summed E-state index contributed by atoms with van der Waals surface area (Å²) in [6, 6.07) is -1.13. The van der Waals surface area contributed by atoms with E-state index >= 15 is 0 Å². The first kappa shape index (κ1) is 7.10. The largest absolute Gasteiger partial charge is 0.468 e. The molecule has 0 spiro atoms. The van der Waals surface area contributed by atoms with E-state index < -0.39 is 12.0 Å². The van der Waals surface area contributed by atoms with Gasteiger partial charge in [0.05, 0.1) is 7.11 Å². The van der Waals surface area contributed by atoms with Crippen molar-refractivity contribution < 1.29 is 14.3 Å². The van der Waals surface area contributed by atoms with Crippen LogP contribution in [0.25, 0.3) is 0 Å². The van der Waals surface area contributed by atoms with Gasteiger partial charge in [-0.05, 0) is 0 Å². The van der Waals surface area contributed by atoms with E-state index in [9.17, 15) is 9.59 Å². The highest BCUT2D eigenvalue weighted by atomic mass is 16.5. The Labute approximate surface area is 46.6 Å². The summed E-state index contributed by atoms with van der Waals surface area (Å²) in [7, 11) is 1.17. The summed E-state index contributed by atoms with van der Waals surface area (Å²) in [6.07, 6.45) is 0.325. The number of carbonyl (C=O) groups is 2. The maximum absolute atomic E-state index is 10.2. The smallest absolute Gasteiger partial charge is 0.330 e. The zero-order chi connectivity index (χ0) is 6.57. The van der Waals surface area contributed by atoms with Gasteiger partial charge in [0.25, 0.3) is 0 Å². The van der Waals surface area contributed by atoms with Crippen LogP contribution >= 0.6 is 0 Å². The summed E-state index contributed by atoms with van der Waals surface area (Å²) >= 11 is 0. The Morgan fingerprint density at radius 2 is 2.38 bits per heavy atom. The Balaban J connectivity index is 3.62. The standard InChI is InChI=1S/C4H7NO3/c1-8-4(7)3(5)2-6/h2-3H,5H2,1H3. The van der Waals surface area contributed by atoms with Crippen molar-refractivity contribution in [3.63, 3.8) is 0 Å². The summed E-state index contributed by atoms with van der Waals surface area (Å²) in [6.45, 7) is 0. The minimum atomic E-state index is -1.13. The molecule has 0 rings (SSSR count). The highest BCUT2D eigenvalue weighted by Crippen LogP contribution is 1.75. The molecule has 0 amide bonds. The first-order chi connectivity index (χ1) is 3.72. The average Bonchev–Trinajstić information content (AvgIpc) is 1.84. The van der Waals surface area contributed by atoms with E-state index in [1.165, 1.54) is 7.11 Å². The molecule has 0 saturated carbocycles. The zero-order valence-electron chi connectivity index (χ0n) is 4.46. The molecule has 0 fully saturated rings. The molecule has 0 radical (unpaired) electrons. The van der Waals surface area contributed by atoms with Crippen molar-refractivity contribution in [1.29, 1.82) is 0 Å². The lowest BCUT2D eigenvalue weighted by Crippen LogP contribution is -2.32. The van der Waals surface area contributed by atoms with Gasteiger partial charge in [-0.25, -0.2) is 4.79 Å². The summed E-state index contributed by atoms with van der Waals surface area (Å²) < 4.78 is 4.11. The van der Waals surface area contributed by atoms with Crippen molar-refractivity contribution in [2.24, 2.45) is 5.73 Å². The molecule has 0 saturated heterocycles. The lowest BCUT2D eigenvalue weighted by atomic mass is 10.4. The van der Waals surface area contributed by atoms with Crippen LogP contribution in [0.1, 0.15) is 0 Å². The second-order valence-electron chi connectivity index (χ2n) is 1.19. The summed E-state index contributed by atoms with van der Waals surface area (Å²) in [5.74, 6) is -0.708. The number of ether oxygens (including phenoxy) is 1. The van der Waals surface area contributed by atoms with Crippen molar-refractivity contribution in [1.82, 2.24) is 0 Å². The van der Waals surface area contributed by atoms with Gasteiger partial charge >= 0.3 is 5.97 Å². The van der Waals surface area contributed by atoms with Gasteiger partial charge in [-0.2, -0.15) is 0 Å². The Hall–Kier alpha value is -0.900. The minimum absolute atomic E-state index is 0.325. The van der Waals surface area contributed by atoms with Crippen LogP contribution in [-0.2, 0) is 14.3 Å². The van der Waals surface area contributed by atoms with Crippen LogP contribution in [-0.4, -0.2) is 25.4 Å². The third-order valence-corrected chi connectivity index (χ3v) is 0.620. The molecule has 0 aromatic rings. The second kappa shape index (κ2) is 3.15. The molecule has 0 bridgehead atoms. The van der Waals surface area contributed by atoms with E-state index in [0.717, 1.165) is 0 Å². The monoisotopic (exact) mass is 117 g/mol. The molecule has 0 aliphatic heterocycles. The SMILES string of the molecule is COC(=O)C(N)C=O. The van der Waals surface area contributed by atoms with Gasteiger partial charge in [0, 0.05) is 0 Å². The zero-order valence-corrected chi connectivity index (χ0v) is 4.46. The van der Waals surface area contributed by atoms with Crippen molar-refractivity contribution in [2.75, 3.05) is 7.11 Å². The maximum atomic E-state index is 10.2. The van der Waals surface area contributed by atoms with E-state index in [1.54, 1.807) is 0 Å². The third kappa shape index (κ3) is 1.70. The number of esters is 1. The molecule has 0 aromatic heterocycles. The topological polar surface area (TPSA) is 69.4 Å². The lowest BCUT2D eigenvalue weighted by molar-refractivity contribution is -0.143. The molecule has 2 N–H and O–H groups in total. The van der Waals surface area contributed by atoms with Crippen LogP contribution in [0.4, 0.5) is 0 Å². The summed E-state index contributed by atoms with van der Waals surface area (Å²) in [5.41, 5.74) is 4.88. The molecule has 0 aliphatic rings. The van der Waals surface area contributed by atoms with Crippen molar-refractivity contribution >= 4 is 12.3 Å². The molecule has 4 heteroatoms. The van der Waals surface area contributed by atoms with Crippen LogP contribution in [0.2, 0.25) is 0 Å². The van der Waals surface area contributed by atoms with Gasteiger partial charge in [-0.3, -0.25) is 0 Å². The van der Waals surface area contributed by atoms with E-state index in [1.807, 2.05) is 0 Å². The summed E-state index contributed by atoms with van der Waals surface area (Å²) in [4.78, 5) is 19.8. The van der Waals surface area contributed by atoms with Crippen LogP contribution in [0, 0.1) is 0 Å². The van der Waals surface area contributed by atoms with E-state index in [-0.39, 0.29) is 0 Å². The van der Waals surface area contributed by atoms with Gasteiger partial charge in [0.1, 0.15) is 6.29 Å². The number of carbonyl (C=O) groups excluding carboxylic acids is 2. The van der Waals surface area contributed by atoms with Gasteiger partial charge in [0.15, 0.2) is 6.04 Å². The summed E-state index contributed by atoms with van der Waals surface area (Å²) in [5, 5.41) is 0. The van der Waals surface area contributed by atoms with Crippen LogP contribution in [0.3, 0.4) is 0 Å². The second-order valence-corrected chi connectivity index (χ2v) is 1.19. The maximum Gasteiger partial charge on any atom is 0.330 e. The lowest BCUT2D eigenvalue weighted by Gasteiger charge is -1.97. The van der Waals surface area contributed by atoms with E-state index in [2.05, 4.69) is 4.74 Å². The highest BCUT2D eigenvalue weighted by molar-refractivity contribution is 5.91. The number of aldehydes is 1. The molecule has 0 heterocycles. The third-order valence-electron chi connectivity index (χ3n) is 0.620. The van der Waals surface area contributed by atoms with Crippen LogP contribution in [0.5, 0.6) is 0 Å². The van der Waals surface area contributed by atoms with Crippen LogP contribution < -0.4 is 5.73 Å². The molecule has 1 atom stereocenters. The number of hydrogen-bond acceptors (Lipinski definition) is 4. The number of hydrogen-bond donors (Lipinski definition) is 1. The molecular weight excluding hydrogens is 110 g/mol. The molecule has 46 valence electrons. The Morgan fingerprint density at radius 3 is 2.50 bits per heavy atom. The quantitative estimate of drug-likeness (QED) is 0.277. The number of nitrogens with two attached hydrogens (primary N) is 1. The molecule has 0 aliphatic carbocycles. The van der Waals surface area contributed by atoms with Crippen LogP contribution in [0.15, 0.2) is 0 Å². The Bertz CT molecular complexity index is 101. The van der Waals surface area contributed by atoms with Crippen molar-refractivity contribution in [3.8, 4) is 0 Å². The number of rotatable bonds is 2. The molecule has 8 heavy (non-hydrogen) atoms. The Kier molecular flexibility index (Phi) is 2.79. The molecular formula is C4H7NO3. The minimum Gasteiger partial charge on any atom is -0.468 e. The molecule has 4 nitrogen and oxygen atoms in total. The highest BCUT2D eigenvalue weighted by Gasteiger charge is 2.09. The van der Waals surface area contributed by atoms with E-state index in [0.29, 0.717) is 6.29 Å². The van der Waals surface area contributed by atoms with E-state index in [4.69, 9.17) is 5.73 Å². The first-order valence-corrected chi connectivity index (χ1v) is 2.01. The van der Waals surface area contributed by atoms with Crippen molar-refractivity contribution in [2.45, 2.75) is 6.04 Å². The first-order valence-electron chi connectivity index (χ1n) is 2.01. The van der Waals surface area contributed by atoms with Crippen molar-refractivity contribution in [3.05, 3.63) is 0 Å². The molecule has 0 aromatic carbocycles. The normalized spacial score (nSPS) is 12.2. The average molecular weight is 117 g/mol. The van der Waals surface area contributed by atoms with Gasteiger partial charge < -0.3 is 15.3 Å². The fourth-order valence-corrected chi connectivity index (χ4v) is 0.192. The fourth-order valence-electron chi connectivity index (χ4n) is 0.192. The van der Waals surface area contributed by atoms with Gasteiger partial charge in [-0.15, -0.1) is 0 Å². The van der Waals surface area contributed by atoms with Gasteiger partial charge in [0.2, 0.25) is 0 Å². The predicted molar refractivity (Wildman–Crippen MR) is 26.1 cm³/mol. The molecule has 1 unspecified atom stereocenters. The fraction of sp³-hybridized carbons (Fsp3) is 0.500.